The van der Waals surface area contributed by atoms with Gasteiger partial charge in [0.05, 0.1) is 34.1 Å². The van der Waals surface area contributed by atoms with Crippen molar-refractivity contribution in [1.82, 2.24) is 4.68 Å². The van der Waals surface area contributed by atoms with E-state index in [1.54, 1.807) is 16.8 Å². The van der Waals surface area contributed by atoms with Crippen molar-refractivity contribution in [1.29, 1.82) is 0 Å². The first kappa shape index (κ1) is 22.5. The molecule has 8 nitrogen and oxygen atoms in total. The Kier molecular flexibility index (Phi) is 5.87. The lowest BCUT2D eigenvalue weighted by Crippen LogP contribution is -2.11. The van der Waals surface area contributed by atoms with Gasteiger partial charge in [0.15, 0.2) is 11.5 Å². The van der Waals surface area contributed by atoms with Gasteiger partial charge in [-0.1, -0.05) is 6.07 Å². The van der Waals surface area contributed by atoms with Gasteiger partial charge in [0.1, 0.15) is 5.82 Å². The first-order valence-electron chi connectivity index (χ1n) is 10.6. The van der Waals surface area contributed by atoms with Crippen LogP contribution in [0.1, 0.15) is 16.7 Å². The molecule has 3 aromatic carbocycles. The fourth-order valence-electron chi connectivity index (χ4n) is 3.54. The predicted octanol–water partition coefficient (Wildman–Crippen LogP) is 5.72. The zero-order valence-electron chi connectivity index (χ0n) is 18.8. The minimum absolute atomic E-state index is 0.0000735. The predicted molar refractivity (Wildman–Crippen MR) is 131 cm³/mol. The molecular formula is C25H19FN4O4S. The van der Waals surface area contributed by atoms with Crippen molar-refractivity contribution >= 4 is 28.9 Å². The number of aryl methyl sites for hydroxylation is 2. The lowest BCUT2D eigenvalue weighted by atomic mass is 10.1. The van der Waals surface area contributed by atoms with Crippen LogP contribution in [-0.4, -0.2) is 22.6 Å². The van der Waals surface area contributed by atoms with Crippen LogP contribution in [0.5, 0.6) is 11.5 Å². The van der Waals surface area contributed by atoms with E-state index in [1.807, 2.05) is 37.4 Å². The van der Waals surface area contributed by atoms with Crippen molar-refractivity contribution in [2.45, 2.75) is 13.8 Å². The minimum atomic E-state index is -0.497. The molecule has 0 atom stereocenters. The number of hydrogen-bond donors (Lipinski definition) is 0. The van der Waals surface area contributed by atoms with Gasteiger partial charge in [-0.25, -0.2) is 14.1 Å². The number of nitro benzene ring substituents is 1. The fraction of sp³-hybridized carbons (Fsp3) is 0.120. The summed E-state index contributed by atoms with van der Waals surface area (Å²) in [5.41, 5.74) is 4.48. The van der Waals surface area contributed by atoms with E-state index in [-0.39, 0.29) is 23.9 Å². The number of aromatic nitrogens is 1. The summed E-state index contributed by atoms with van der Waals surface area (Å²) < 4.78 is 25.7. The van der Waals surface area contributed by atoms with E-state index in [2.05, 4.69) is 5.10 Å². The first-order chi connectivity index (χ1) is 16.9. The highest BCUT2D eigenvalue weighted by Gasteiger charge is 2.22. The van der Waals surface area contributed by atoms with E-state index in [0.29, 0.717) is 22.0 Å². The van der Waals surface area contributed by atoms with Gasteiger partial charge in [0, 0.05) is 10.9 Å². The van der Waals surface area contributed by atoms with Gasteiger partial charge in [-0.3, -0.25) is 10.1 Å². The van der Waals surface area contributed by atoms with Crippen molar-refractivity contribution < 1.29 is 18.8 Å². The van der Waals surface area contributed by atoms with Crippen LogP contribution in [0, 0.1) is 29.8 Å². The standard InChI is InChI=1S/C25H19FN4O4S/c1-15-3-8-20(9-16(15)2)28-25-29(22(13-35-25)17-4-6-19(26)7-5-17)27-12-18-10-23-24(34-14-33-23)11-21(18)30(31)32/h3-13H,14H2,1-2H3. The topological polar surface area (TPSA) is 91.2 Å². The summed E-state index contributed by atoms with van der Waals surface area (Å²) in [6.45, 7) is 4.04. The van der Waals surface area contributed by atoms with Gasteiger partial charge < -0.3 is 9.47 Å². The van der Waals surface area contributed by atoms with Crippen LogP contribution < -0.4 is 14.3 Å². The first-order valence-corrected chi connectivity index (χ1v) is 11.5. The van der Waals surface area contributed by atoms with Crippen LogP contribution in [0.25, 0.3) is 11.3 Å². The Labute approximate surface area is 203 Å². The van der Waals surface area contributed by atoms with Gasteiger partial charge in [-0.15, -0.1) is 11.3 Å². The second kappa shape index (κ2) is 9.15. The number of hydrogen-bond acceptors (Lipinski definition) is 7. The summed E-state index contributed by atoms with van der Waals surface area (Å²) in [7, 11) is 0. The largest absolute Gasteiger partial charge is 0.454 e. The molecule has 2 heterocycles. The number of fused-ring (bicyclic) bond motifs is 1. The molecular weight excluding hydrogens is 471 g/mol. The van der Waals surface area contributed by atoms with Gasteiger partial charge in [-0.05, 0) is 67.4 Å². The van der Waals surface area contributed by atoms with Crippen LogP contribution in [-0.2, 0) is 0 Å². The third-order valence-electron chi connectivity index (χ3n) is 5.57. The van der Waals surface area contributed by atoms with Crippen LogP contribution >= 0.6 is 11.3 Å². The van der Waals surface area contributed by atoms with E-state index < -0.39 is 4.92 Å². The maximum Gasteiger partial charge on any atom is 0.282 e. The van der Waals surface area contributed by atoms with E-state index in [0.717, 1.165) is 22.4 Å². The van der Waals surface area contributed by atoms with E-state index in [1.165, 1.54) is 41.8 Å². The number of nitro groups is 1. The minimum Gasteiger partial charge on any atom is -0.454 e. The number of ether oxygens (including phenoxy) is 2. The Hall–Kier alpha value is -4.31. The lowest BCUT2D eigenvalue weighted by molar-refractivity contribution is -0.385. The van der Waals surface area contributed by atoms with Gasteiger partial charge in [-0.2, -0.15) is 5.10 Å². The van der Waals surface area contributed by atoms with Crippen LogP contribution in [0.15, 0.2) is 70.1 Å². The van der Waals surface area contributed by atoms with Crippen LogP contribution in [0.2, 0.25) is 0 Å². The van der Waals surface area contributed by atoms with Crippen molar-refractivity contribution in [3.63, 3.8) is 0 Å². The molecule has 10 heteroatoms. The second-order valence-corrected chi connectivity index (χ2v) is 8.71. The molecule has 0 saturated carbocycles. The number of benzene rings is 3. The molecule has 176 valence electrons. The van der Waals surface area contributed by atoms with Crippen LogP contribution in [0.4, 0.5) is 15.8 Å². The summed E-state index contributed by atoms with van der Waals surface area (Å²) in [5, 5.41) is 18.1. The summed E-state index contributed by atoms with van der Waals surface area (Å²) >= 11 is 1.36. The quantitative estimate of drug-likeness (QED) is 0.203. The van der Waals surface area contributed by atoms with E-state index in [9.17, 15) is 14.5 Å². The maximum atomic E-state index is 13.5. The SMILES string of the molecule is Cc1ccc(N=c2scc(-c3ccc(F)cc3)n2N=Cc2cc3c(cc2[N+](=O)[O-])OCO3)cc1C. The molecule has 5 rings (SSSR count). The number of rotatable bonds is 5. The van der Waals surface area contributed by atoms with E-state index >= 15 is 0 Å². The molecule has 1 aliphatic rings. The molecule has 0 saturated heterocycles. The smallest absolute Gasteiger partial charge is 0.282 e. The molecule has 0 spiro atoms. The molecule has 0 fully saturated rings. The van der Waals surface area contributed by atoms with Crippen LogP contribution in [0.3, 0.4) is 0 Å². The Bertz CT molecular complexity index is 1540. The average molecular weight is 491 g/mol. The Balaban J connectivity index is 1.65. The fourth-order valence-corrected chi connectivity index (χ4v) is 4.40. The highest BCUT2D eigenvalue weighted by Crippen LogP contribution is 2.37. The Morgan fingerprint density at radius 3 is 2.51 bits per heavy atom. The molecule has 0 amide bonds. The lowest BCUT2D eigenvalue weighted by Gasteiger charge is -2.05. The monoisotopic (exact) mass is 490 g/mol. The normalized spacial score (nSPS) is 13.1. The Morgan fingerprint density at radius 1 is 1.06 bits per heavy atom. The van der Waals surface area contributed by atoms with Crippen molar-refractivity contribution in [2.75, 3.05) is 6.79 Å². The molecule has 35 heavy (non-hydrogen) atoms. The summed E-state index contributed by atoms with van der Waals surface area (Å²) in [6.07, 6.45) is 1.39. The number of thiazole rings is 1. The summed E-state index contributed by atoms with van der Waals surface area (Å²) in [4.78, 5) is 16.5. The summed E-state index contributed by atoms with van der Waals surface area (Å²) in [5.74, 6) is 0.371. The van der Waals surface area contributed by atoms with Gasteiger partial charge >= 0.3 is 0 Å². The molecule has 0 radical (unpaired) electrons. The molecule has 1 aromatic heterocycles. The van der Waals surface area contributed by atoms with Gasteiger partial charge in [0.2, 0.25) is 11.6 Å². The summed E-state index contributed by atoms with van der Waals surface area (Å²) in [6, 6.07) is 14.7. The van der Waals surface area contributed by atoms with Gasteiger partial charge in [0.25, 0.3) is 5.69 Å². The van der Waals surface area contributed by atoms with Crippen molar-refractivity contribution in [2.24, 2.45) is 10.1 Å². The average Bonchev–Trinajstić information content (AvgIpc) is 3.46. The van der Waals surface area contributed by atoms with E-state index in [4.69, 9.17) is 14.5 Å². The number of halogens is 1. The Morgan fingerprint density at radius 2 is 1.80 bits per heavy atom. The third kappa shape index (κ3) is 4.56. The van der Waals surface area contributed by atoms with Crippen molar-refractivity contribution in [3.05, 3.63) is 97.4 Å². The van der Waals surface area contributed by atoms with Crippen molar-refractivity contribution in [3.8, 4) is 22.8 Å². The third-order valence-corrected chi connectivity index (χ3v) is 6.39. The molecule has 0 aliphatic carbocycles. The zero-order chi connectivity index (χ0) is 24.5. The molecule has 0 unspecified atom stereocenters. The highest BCUT2D eigenvalue weighted by atomic mass is 32.1. The zero-order valence-corrected chi connectivity index (χ0v) is 19.6. The molecule has 1 aliphatic heterocycles. The molecule has 0 N–H and O–H groups in total. The molecule has 4 aromatic rings. The molecule has 0 bridgehead atoms. The number of nitrogens with zero attached hydrogens (tertiary/aromatic N) is 4. The maximum absolute atomic E-state index is 13.5. The highest BCUT2D eigenvalue weighted by molar-refractivity contribution is 7.07. The second-order valence-electron chi connectivity index (χ2n) is 7.87.